The second-order valence-electron chi connectivity index (χ2n) is 2.45. The van der Waals surface area contributed by atoms with Gasteiger partial charge in [-0.15, -0.1) is 0 Å². The fourth-order valence-electron chi connectivity index (χ4n) is 1.00. The van der Waals surface area contributed by atoms with Crippen molar-refractivity contribution in [2.24, 2.45) is 0 Å². The van der Waals surface area contributed by atoms with Crippen LogP contribution in [-0.2, 0) is 0 Å². The van der Waals surface area contributed by atoms with Crippen LogP contribution in [0.15, 0.2) is 12.1 Å². The molecule has 0 spiro atoms. The fourth-order valence-corrected chi connectivity index (χ4v) is 1.28. The van der Waals surface area contributed by atoms with E-state index >= 15 is 0 Å². The molecule has 5 heteroatoms. The number of Topliss-reactive ketones (excluding diaryl/α,β-unsaturated/α-hetero) is 1. The lowest BCUT2D eigenvalue weighted by Gasteiger charge is -2.02. The molecule has 0 bridgehead atoms. The highest BCUT2D eigenvalue weighted by molar-refractivity contribution is 9.09. The molecule has 72 valence electrons. The van der Waals surface area contributed by atoms with E-state index in [0.29, 0.717) is 0 Å². The van der Waals surface area contributed by atoms with Crippen molar-refractivity contribution in [3.05, 3.63) is 34.9 Å². The molecule has 0 heterocycles. The van der Waals surface area contributed by atoms with Crippen LogP contribution in [0.1, 0.15) is 15.9 Å². The number of ketones is 1. The Bertz CT molecular complexity index is 426. The number of hydrogen-bond acceptors (Lipinski definition) is 2. The van der Waals surface area contributed by atoms with Gasteiger partial charge in [-0.3, -0.25) is 4.79 Å². The molecule has 0 unspecified atom stereocenters. The third-order valence-corrected chi connectivity index (χ3v) is 2.12. The summed E-state index contributed by atoms with van der Waals surface area (Å²) in [6, 6.07) is 3.11. The van der Waals surface area contributed by atoms with E-state index in [2.05, 4.69) is 15.9 Å². The molecule has 0 aliphatic carbocycles. The van der Waals surface area contributed by atoms with Crippen molar-refractivity contribution in [3.8, 4) is 6.07 Å². The zero-order valence-electron chi connectivity index (χ0n) is 6.85. The Hall–Kier alpha value is -1.28. The summed E-state index contributed by atoms with van der Waals surface area (Å²) in [4.78, 5) is 11.2. The highest BCUT2D eigenvalue weighted by Crippen LogP contribution is 2.17. The Morgan fingerprint density at radius 3 is 2.50 bits per heavy atom. The van der Waals surface area contributed by atoms with Crippen LogP contribution in [-0.4, -0.2) is 11.1 Å². The van der Waals surface area contributed by atoms with Gasteiger partial charge in [0.2, 0.25) is 0 Å². The van der Waals surface area contributed by atoms with Crippen molar-refractivity contribution in [1.29, 1.82) is 5.26 Å². The van der Waals surface area contributed by atoms with Crippen LogP contribution in [0.4, 0.5) is 8.78 Å². The molecule has 0 amide bonds. The maximum absolute atomic E-state index is 13.1. The highest BCUT2D eigenvalue weighted by Gasteiger charge is 2.19. The second-order valence-corrected chi connectivity index (χ2v) is 3.01. The molecule has 2 nitrogen and oxygen atoms in total. The van der Waals surface area contributed by atoms with Gasteiger partial charge < -0.3 is 0 Å². The van der Waals surface area contributed by atoms with Gasteiger partial charge in [0.1, 0.15) is 23.3 Å². The summed E-state index contributed by atoms with van der Waals surface area (Å²) in [6.45, 7) is 0. The molecule has 0 aliphatic heterocycles. The summed E-state index contributed by atoms with van der Waals surface area (Å²) in [7, 11) is 0. The van der Waals surface area contributed by atoms with Gasteiger partial charge in [0.25, 0.3) is 0 Å². The molecule has 0 N–H and O–H groups in total. The van der Waals surface area contributed by atoms with E-state index in [-0.39, 0.29) is 5.33 Å². The van der Waals surface area contributed by atoms with Gasteiger partial charge in [0, 0.05) is 0 Å². The summed E-state index contributed by atoms with van der Waals surface area (Å²) >= 11 is 2.83. The Morgan fingerprint density at radius 2 is 2.00 bits per heavy atom. The molecule has 0 saturated carbocycles. The molecule has 1 aromatic carbocycles. The van der Waals surface area contributed by atoms with Gasteiger partial charge in [-0.1, -0.05) is 15.9 Å². The van der Waals surface area contributed by atoms with E-state index in [1.165, 1.54) is 6.07 Å². The number of alkyl halides is 1. The van der Waals surface area contributed by atoms with E-state index in [0.717, 1.165) is 12.1 Å². The number of carbonyl (C=O) groups is 1. The normalized spacial score (nSPS) is 9.57. The van der Waals surface area contributed by atoms with E-state index in [4.69, 9.17) is 5.26 Å². The predicted molar refractivity (Wildman–Crippen MR) is 49.2 cm³/mol. The second kappa shape index (κ2) is 4.29. The van der Waals surface area contributed by atoms with Crippen LogP contribution in [0.3, 0.4) is 0 Å². The van der Waals surface area contributed by atoms with Gasteiger partial charge in [-0.05, 0) is 12.1 Å². The third kappa shape index (κ3) is 1.80. The lowest BCUT2D eigenvalue weighted by Crippen LogP contribution is -2.08. The number of benzene rings is 1. The standard InChI is InChI=1S/C9H4BrF2NO/c10-3-8(14)9-5(4-13)6(11)1-2-7(9)12/h1-2H,3H2. The number of halogens is 3. The summed E-state index contributed by atoms with van der Waals surface area (Å²) in [5, 5.41) is 8.39. The lowest BCUT2D eigenvalue weighted by atomic mass is 10.0. The monoisotopic (exact) mass is 259 g/mol. The lowest BCUT2D eigenvalue weighted by molar-refractivity contribution is 0.101. The smallest absolute Gasteiger partial charge is 0.177 e. The molecule has 0 aromatic heterocycles. The largest absolute Gasteiger partial charge is 0.293 e. The van der Waals surface area contributed by atoms with Crippen LogP contribution < -0.4 is 0 Å². The number of carbonyl (C=O) groups excluding carboxylic acids is 1. The van der Waals surface area contributed by atoms with Crippen molar-refractivity contribution >= 4 is 21.7 Å². The number of nitrogens with zero attached hydrogens (tertiary/aromatic N) is 1. The number of nitriles is 1. The fraction of sp³-hybridized carbons (Fsp3) is 0.111. The zero-order valence-corrected chi connectivity index (χ0v) is 8.44. The molecular weight excluding hydrogens is 256 g/mol. The Balaban J connectivity index is 3.47. The SMILES string of the molecule is N#Cc1c(F)ccc(F)c1C(=O)CBr. The van der Waals surface area contributed by atoms with Crippen LogP contribution in [0.5, 0.6) is 0 Å². The molecule has 1 rings (SSSR count). The summed E-state index contributed by atoms with van der Waals surface area (Å²) < 4.78 is 26.1. The average molecular weight is 260 g/mol. The van der Waals surface area contributed by atoms with Gasteiger partial charge in [-0.2, -0.15) is 5.26 Å². The first-order valence-corrected chi connectivity index (χ1v) is 4.71. The molecular formula is C9H4BrF2NO. The Kier molecular flexibility index (Phi) is 3.31. The number of hydrogen-bond donors (Lipinski definition) is 0. The first-order valence-electron chi connectivity index (χ1n) is 3.59. The molecule has 0 aliphatic rings. The zero-order chi connectivity index (χ0) is 10.7. The molecule has 14 heavy (non-hydrogen) atoms. The van der Waals surface area contributed by atoms with Crippen LogP contribution in [0, 0.1) is 23.0 Å². The van der Waals surface area contributed by atoms with Crippen LogP contribution in [0.2, 0.25) is 0 Å². The van der Waals surface area contributed by atoms with Gasteiger partial charge in [-0.25, -0.2) is 8.78 Å². The third-order valence-electron chi connectivity index (χ3n) is 1.62. The minimum atomic E-state index is -0.891. The van der Waals surface area contributed by atoms with Crippen molar-refractivity contribution in [3.63, 3.8) is 0 Å². The van der Waals surface area contributed by atoms with Crippen LogP contribution >= 0.6 is 15.9 Å². The summed E-state index contributed by atoms with van der Waals surface area (Å²) in [5.74, 6) is -2.43. The molecule has 0 saturated heterocycles. The first-order chi connectivity index (χ1) is 6.61. The first kappa shape index (κ1) is 10.8. The minimum Gasteiger partial charge on any atom is -0.293 e. The van der Waals surface area contributed by atoms with Gasteiger partial charge in [0.05, 0.1) is 10.9 Å². The van der Waals surface area contributed by atoms with Crippen molar-refractivity contribution < 1.29 is 13.6 Å². The Labute approximate surface area is 87.3 Å². The van der Waals surface area contributed by atoms with Crippen molar-refractivity contribution in [2.45, 2.75) is 0 Å². The molecule has 0 radical (unpaired) electrons. The summed E-state index contributed by atoms with van der Waals surface area (Å²) in [6.07, 6.45) is 0. The van der Waals surface area contributed by atoms with Crippen molar-refractivity contribution in [2.75, 3.05) is 5.33 Å². The van der Waals surface area contributed by atoms with Crippen LogP contribution in [0.25, 0.3) is 0 Å². The highest BCUT2D eigenvalue weighted by atomic mass is 79.9. The van der Waals surface area contributed by atoms with E-state index < -0.39 is 28.5 Å². The molecule has 1 aromatic rings. The number of rotatable bonds is 2. The van der Waals surface area contributed by atoms with E-state index in [1.807, 2.05) is 0 Å². The predicted octanol–water partition coefficient (Wildman–Crippen LogP) is 2.41. The summed E-state index contributed by atoms with van der Waals surface area (Å²) in [5.41, 5.74) is -1.04. The minimum absolute atomic E-state index is 0.151. The maximum Gasteiger partial charge on any atom is 0.177 e. The van der Waals surface area contributed by atoms with Crippen molar-refractivity contribution in [1.82, 2.24) is 0 Å². The molecule has 0 atom stereocenters. The average Bonchev–Trinajstić information content (AvgIpc) is 2.19. The quantitative estimate of drug-likeness (QED) is 0.605. The maximum atomic E-state index is 13.1. The Morgan fingerprint density at radius 1 is 1.43 bits per heavy atom. The van der Waals surface area contributed by atoms with E-state index in [9.17, 15) is 13.6 Å². The van der Waals surface area contributed by atoms with Gasteiger partial charge >= 0.3 is 0 Å². The van der Waals surface area contributed by atoms with Gasteiger partial charge in [0.15, 0.2) is 5.78 Å². The van der Waals surface area contributed by atoms with E-state index in [1.54, 1.807) is 0 Å². The topological polar surface area (TPSA) is 40.9 Å². The molecule has 0 fully saturated rings.